The number of nitrogens with one attached hydrogen (secondary N) is 3. The van der Waals surface area contributed by atoms with E-state index in [4.69, 9.17) is 9.47 Å². The van der Waals surface area contributed by atoms with Crippen LogP contribution in [-0.4, -0.2) is 48.3 Å². The van der Waals surface area contributed by atoms with E-state index in [1.165, 1.54) is 6.07 Å². The Morgan fingerprint density at radius 3 is 2.74 bits per heavy atom. The third kappa shape index (κ3) is 4.04. The molecule has 2 unspecified atom stereocenters. The van der Waals surface area contributed by atoms with Gasteiger partial charge < -0.3 is 14.5 Å². The fraction of sp³-hybridized carbons (Fsp3) is 0.435. The van der Waals surface area contributed by atoms with Gasteiger partial charge in [-0.2, -0.15) is 0 Å². The van der Waals surface area contributed by atoms with Crippen LogP contribution < -0.4 is 10.9 Å². The molecule has 2 fully saturated rings. The Hall–Kier alpha value is -3.02. The van der Waals surface area contributed by atoms with Gasteiger partial charge in [0.15, 0.2) is 17.3 Å². The highest BCUT2D eigenvalue weighted by Crippen LogP contribution is 2.46. The molecule has 11 heteroatoms. The van der Waals surface area contributed by atoms with Gasteiger partial charge in [0.1, 0.15) is 5.52 Å². The molecule has 1 saturated carbocycles. The van der Waals surface area contributed by atoms with Crippen molar-refractivity contribution in [2.45, 2.75) is 48.8 Å². The largest absolute Gasteiger partial charge is 0.347 e. The van der Waals surface area contributed by atoms with E-state index in [0.717, 1.165) is 12.0 Å². The summed E-state index contributed by atoms with van der Waals surface area (Å²) in [5.41, 5.74) is 7.01. The number of carbonyl (C=O) groups is 1. The van der Waals surface area contributed by atoms with Gasteiger partial charge in [0.05, 0.1) is 18.1 Å². The number of fused-ring (bicyclic) bond motifs is 1. The minimum absolute atomic E-state index is 0.0453. The Balaban J connectivity index is 1.43. The number of amides is 1. The van der Waals surface area contributed by atoms with Crippen molar-refractivity contribution in [2.75, 3.05) is 18.6 Å². The molecule has 1 saturated heterocycles. The van der Waals surface area contributed by atoms with Crippen LogP contribution in [-0.2, 0) is 24.1 Å². The molecule has 1 aliphatic carbocycles. The second-order valence-corrected chi connectivity index (χ2v) is 10.7. The van der Waals surface area contributed by atoms with Crippen molar-refractivity contribution in [3.05, 3.63) is 42.1 Å². The number of ether oxygens (including phenoxy) is 2. The van der Waals surface area contributed by atoms with Crippen molar-refractivity contribution in [1.29, 1.82) is 0 Å². The quantitative estimate of drug-likeness (QED) is 0.454. The average molecular weight is 486 g/mol. The molecule has 2 aliphatic rings. The fourth-order valence-electron chi connectivity index (χ4n) is 4.83. The molecule has 1 aromatic carbocycles. The average Bonchev–Trinajstić information content (AvgIpc) is 3.56. The molecular weight excluding hydrogens is 458 g/mol. The summed E-state index contributed by atoms with van der Waals surface area (Å²) in [5.74, 6) is -1.26. The number of aryl methyl sites for hydroxylation is 1. The molecule has 0 radical (unpaired) electrons. The van der Waals surface area contributed by atoms with Gasteiger partial charge in [-0.05, 0) is 36.6 Å². The van der Waals surface area contributed by atoms with Crippen LogP contribution >= 0.6 is 0 Å². The smallest absolute Gasteiger partial charge is 0.241 e. The van der Waals surface area contributed by atoms with Crippen LogP contribution in [0, 0.1) is 18.8 Å². The summed E-state index contributed by atoms with van der Waals surface area (Å²) >= 11 is 0. The van der Waals surface area contributed by atoms with Crippen LogP contribution in [0.2, 0.25) is 0 Å². The SMILES string of the molecule is CCC1CC2(CC1C(=O)NNc1nc3cc[nH]c3nc1S(=O)(=O)c1cccc(C)c1)OCCO2. The number of H-pyrrole nitrogens is 1. The van der Waals surface area contributed by atoms with E-state index >= 15 is 0 Å². The van der Waals surface area contributed by atoms with Crippen molar-refractivity contribution < 1.29 is 22.7 Å². The highest BCUT2D eigenvalue weighted by Gasteiger charge is 2.51. The van der Waals surface area contributed by atoms with Crippen molar-refractivity contribution in [1.82, 2.24) is 20.4 Å². The first-order valence-corrected chi connectivity index (χ1v) is 12.8. The minimum Gasteiger partial charge on any atom is -0.347 e. The van der Waals surface area contributed by atoms with Gasteiger partial charge in [-0.1, -0.05) is 25.5 Å². The van der Waals surface area contributed by atoms with Gasteiger partial charge in [0, 0.05) is 25.0 Å². The van der Waals surface area contributed by atoms with Crippen LogP contribution in [0.4, 0.5) is 5.82 Å². The zero-order chi connectivity index (χ0) is 23.9. The highest BCUT2D eigenvalue weighted by atomic mass is 32.2. The normalized spacial score (nSPS) is 21.8. The summed E-state index contributed by atoms with van der Waals surface area (Å²) in [4.78, 5) is 24.8. The lowest BCUT2D eigenvalue weighted by atomic mass is 9.93. The number of aromatic nitrogens is 3. The number of hydrogen-bond acceptors (Lipinski definition) is 8. The standard InChI is InChI=1S/C23H27N5O5S/c1-3-15-12-23(32-9-10-33-23)13-17(15)21(29)28-27-20-22(26-19-18(25-20)7-8-24-19)34(30,31)16-6-4-5-14(2)11-16/h4-8,11,15,17H,3,9-10,12-13H2,1-2H3,(H,24,26)(H,25,27)(H,28,29). The monoisotopic (exact) mass is 485 g/mol. The van der Waals surface area contributed by atoms with Crippen molar-refractivity contribution in [3.63, 3.8) is 0 Å². The third-order valence-electron chi connectivity index (χ3n) is 6.56. The van der Waals surface area contributed by atoms with Crippen molar-refractivity contribution in [3.8, 4) is 0 Å². The molecule has 2 atom stereocenters. The summed E-state index contributed by atoms with van der Waals surface area (Å²) in [6.07, 6.45) is 3.54. The zero-order valence-corrected chi connectivity index (χ0v) is 19.8. The maximum atomic E-state index is 13.4. The van der Waals surface area contributed by atoms with E-state index in [-0.39, 0.29) is 33.5 Å². The van der Waals surface area contributed by atoms with Crippen LogP contribution in [0.3, 0.4) is 0 Å². The first-order chi connectivity index (χ1) is 16.3. The molecule has 3 N–H and O–H groups in total. The fourth-order valence-corrected chi connectivity index (χ4v) is 6.21. The lowest BCUT2D eigenvalue weighted by Crippen LogP contribution is -2.38. The summed E-state index contributed by atoms with van der Waals surface area (Å²) < 4.78 is 38.5. The van der Waals surface area contributed by atoms with Gasteiger partial charge in [-0.15, -0.1) is 0 Å². The summed E-state index contributed by atoms with van der Waals surface area (Å²) in [6, 6.07) is 8.25. The predicted molar refractivity (Wildman–Crippen MR) is 123 cm³/mol. The minimum atomic E-state index is -4.01. The van der Waals surface area contributed by atoms with Gasteiger partial charge in [-0.3, -0.25) is 15.6 Å². The van der Waals surface area contributed by atoms with Crippen molar-refractivity contribution >= 4 is 32.7 Å². The van der Waals surface area contributed by atoms with E-state index in [0.29, 0.717) is 37.2 Å². The Bertz CT molecular complexity index is 1330. The van der Waals surface area contributed by atoms with Gasteiger partial charge in [0.2, 0.25) is 20.8 Å². The number of hydrazine groups is 1. The number of sulfone groups is 1. The number of carbonyl (C=O) groups excluding carboxylic acids is 1. The Morgan fingerprint density at radius 1 is 1.21 bits per heavy atom. The summed E-state index contributed by atoms with van der Waals surface area (Å²) in [5, 5.41) is -0.272. The maximum Gasteiger partial charge on any atom is 0.241 e. The number of aromatic amines is 1. The number of benzene rings is 1. The van der Waals surface area contributed by atoms with Gasteiger partial charge >= 0.3 is 0 Å². The second kappa shape index (κ2) is 8.64. The number of hydrogen-bond donors (Lipinski definition) is 3. The van der Waals surface area contributed by atoms with E-state index in [9.17, 15) is 13.2 Å². The second-order valence-electron chi connectivity index (χ2n) is 8.81. The van der Waals surface area contributed by atoms with E-state index < -0.39 is 15.6 Å². The van der Waals surface area contributed by atoms with Crippen LogP contribution in [0.1, 0.15) is 31.7 Å². The van der Waals surface area contributed by atoms with E-state index in [1.807, 2.05) is 19.9 Å². The Kier molecular flexibility index (Phi) is 5.78. The highest BCUT2D eigenvalue weighted by molar-refractivity contribution is 7.91. The zero-order valence-electron chi connectivity index (χ0n) is 19.0. The first-order valence-electron chi connectivity index (χ1n) is 11.3. The first kappa shape index (κ1) is 22.8. The van der Waals surface area contributed by atoms with Gasteiger partial charge in [-0.25, -0.2) is 18.4 Å². The molecule has 0 bridgehead atoms. The number of rotatable bonds is 6. The molecule has 1 aliphatic heterocycles. The van der Waals surface area contributed by atoms with Gasteiger partial charge in [0.25, 0.3) is 0 Å². The van der Waals surface area contributed by atoms with E-state index in [1.54, 1.807) is 24.4 Å². The molecule has 180 valence electrons. The maximum absolute atomic E-state index is 13.4. The molecule has 1 spiro atoms. The topological polar surface area (TPSA) is 135 Å². The molecule has 34 heavy (non-hydrogen) atoms. The number of nitrogens with zero attached hydrogens (tertiary/aromatic N) is 2. The van der Waals surface area contributed by atoms with Crippen LogP contribution in [0.25, 0.3) is 11.2 Å². The lowest BCUT2D eigenvalue weighted by Gasteiger charge is -2.21. The molecule has 2 aromatic heterocycles. The summed E-state index contributed by atoms with van der Waals surface area (Å²) in [7, 11) is -4.01. The van der Waals surface area contributed by atoms with E-state index in [2.05, 4.69) is 25.8 Å². The van der Waals surface area contributed by atoms with Crippen molar-refractivity contribution in [2.24, 2.45) is 11.8 Å². The third-order valence-corrected chi connectivity index (χ3v) is 8.23. The number of anilines is 1. The summed E-state index contributed by atoms with van der Waals surface area (Å²) in [6.45, 7) is 4.89. The molecular formula is C23H27N5O5S. The molecule has 10 nitrogen and oxygen atoms in total. The van der Waals surface area contributed by atoms with Crippen LogP contribution in [0.5, 0.6) is 0 Å². The molecule has 3 heterocycles. The Labute approximate surface area is 197 Å². The molecule has 1 amide bonds. The molecule has 3 aromatic rings. The van der Waals surface area contributed by atoms with Crippen LogP contribution in [0.15, 0.2) is 46.5 Å². The lowest BCUT2D eigenvalue weighted by molar-refractivity contribution is -0.156. The Morgan fingerprint density at radius 2 is 2.00 bits per heavy atom. The molecule has 5 rings (SSSR count). The predicted octanol–water partition coefficient (Wildman–Crippen LogP) is 2.72.